The van der Waals surface area contributed by atoms with E-state index >= 15 is 0 Å². The Morgan fingerprint density at radius 3 is 2.53 bits per heavy atom. The van der Waals surface area contributed by atoms with E-state index in [9.17, 15) is 14.0 Å². The fourth-order valence-electron chi connectivity index (χ4n) is 1.07. The number of hydrogen-bond donors (Lipinski definition) is 1. The van der Waals surface area contributed by atoms with Crippen LogP contribution in [-0.4, -0.2) is 16.9 Å². The molecule has 0 spiro atoms. The van der Waals surface area contributed by atoms with Crippen LogP contribution in [0.4, 0.5) is 4.39 Å². The second-order valence-electron chi connectivity index (χ2n) is 2.94. The molecule has 80 valence electrons. The number of carbonyl (C=O) groups is 2. The van der Waals surface area contributed by atoms with Gasteiger partial charge in [-0.15, -0.1) is 0 Å². The van der Waals surface area contributed by atoms with Gasteiger partial charge in [0.2, 0.25) is 0 Å². The number of aliphatic carboxylic acids is 1. The maximum Gasteiger partial charge on any atom is 0.303 e. The summed E-state index contributed by atoms with van der Waals surface area (Å²) >= 11 is 3.05. The van der Waals surface area contributed by atoms with Crippen molar-refractivity contribution in [2.75, 3.05) is 0 Å². The second-order valence-corrected chi connectivity index (χ2v) is 3.80. The van der Waals surface area contributed by atoms with Gasteiger partial charge in [-0.3, -0.25) is 9.59 Å². The predicted molar refractivity (Wildman–Crippen MR) is 55.3 cm³/mol. The number of carboxylic acids is 1. The fraction of sp³-hybridized carbons (Fsp3) is 0.200. The molecular weight excluding hydrogens is 267 g/mol. The molecule has 15 heavy (non-hydrogen) atoms. The summed E-state index contributed by atoms with van der Waals surface area (Å²) in [4.78, 5) is 21.7. The van der Waals surface area contributed by atoms with Crippen LogP contribution in [0.1, 0.15) is 23.2 Å². The fourth-order valence-corrected chi connectivity index (χ4v) is 1.64. The maximum absolute atomic E-state index is 12.7. The monoisotopic (exact) mass is 274 g/mol. The van der Waals surface area contributed by atoms with Gasteiger partial charge in [0.05, 0.1) is 6.42 Å². The van der Waals surface area contributed by atoms with Crippen molar-refractivity contribution >= 4 is 27.7 Å². The molecule has 0 amide bonds. The van der Waals surface area contributed by atoms with Crippen LogP contribution in [0.2, 0.25) is 0 Å². The van der Waals surface area contributed by atoms with Crippen molar-refractivity contribution in [3.63, 3.8) is 0 Å². The van der Waals surface area contributed by atoms with Crippen molar-refractivity contribution < 1.29 is 19.1 Å². The molecule has 0 bridgehead atoms. The number of halogens is 2. The van der Waals surface area contributed by atoms with Crippen molar-refractivity contribution in [2.45, 2.75) is 12.8 Å². The van der Waals surface area contributed by atoms with Gasteiger partial charge >= 0.3 is 5.97 Å². The molecule has 0 aliphatic heterocycles. The number of carbonyl (C=O) groups excluding carboxylic acids is 1. The minimum absolute atomic E-state index is 0.0838. The lowest BCUT2D eigenvalue weighted by Crippen LogP contribution is -2.04. The van der Waals surface area contributed by atoms with E-state index in [1.54, 1.807) is 0 Å². The first-order chi connectivity index (χ1) is 7.00. The van der Waals surface area contributed by atoms with E-state index in [-0.39, 0.29) is 18.6 Å². The highest BCUT2D eigenvalue weighted by Crippen LogP contribution is 2.19. The van der Waals surface area contributed by atoms with Gasteiger partial charge in [0, 0.05) is 16.5 Å². The van der Waals surface area contributed by atoms with Gasteiger partial charge in [0.15, 0.2) is 5.78 Å². The standard InChI is InChI=1S/C10H8BrFO3/c11-8-5-6(12)1-2-7(8)9(13)3-4-10(14)15/h1-2,5H,3-4H2,(H,14,15). The SMILES string of the molecule is O=C(O)CCC(=O)c1ccc(F)cc1Br. The Morgan fingerprint density at radius 1 is 1.33 bits per heavy atom. The molecule has 5 heteroatoms. The van der Waals surface area contributed by atoms with E-state index < -0.39 is 11.8 Å². The lowest BCUT2D eigenvalue weighted by atomic mass is 10.1. The molecule has 0 aromatic heterocycles. The van der Waals surface area contributed by atoms with Gasteiger partial charge in [-0.1, -0.05) is 0 Å². The average molecular weight is 275 g/mol. The molecule has 0 saturated heterocycles. The second kappa shape index (κ2) is 5.02. The molecule has 0 aliphatic carbocycles. The van der Waals surface area contributed by atoms with Crippen LogP contribution in [0, 0.1) is 5.82 Å². The van der Waals surface area contributed by atoms with E-state index in [0.717, 1.165) is 0 Å². The predicted octanol–water partition coefficient (Wildman–Crippen LogP) is 2.64. The number of Topliss-reactive ketones (excluding diaryl/α,β-unsaturated/α-hetero) is 1. The summed E-state index contributed by atoms with van der Waals surface area (Å²) < 4.78 is 13.0. The summed E-state index contributed by atoms with van der Waals surface area (Å²) in [6.45, 7) is 0. The molecule has 1 N–H and O–H groups in total. The molecule has 3 nitrogen and oxygen atoms in total. The Hall–Kier alpha value is -1.23. The molecular formula is C10H8BrFO3. The van der Waals surface area contributed by atoms with Crippen molar-refractivity contribution in [3.8, 4) is 0 Å². The number of rotatable bonds is 4. The molecule has 0 heterocycles. The first-order valence-electron chi connectivity index (χ1n) is 4.20. The van der Waals surface area contributed by atoms with Crippen LogP contribution >= 0.6 is 15.9 Å². The highest BCUT2D eigenvalue weighted by molar-refractivity contribution is 9.10. The summed E-state index contributed by atoms with van der Waals surface area (Å²) in [5.41, 5.74) is 0.303. The topological polar surface area (TPSA) is 54.4 Å². The van der Waals surface area contributed by atoms with Crippen molar-refractivity contribution in [1.29, 1.82) is 0 Å². The molecule has 1 rings (SSSR count). The number of hydrogen-bond acceptors (Lipinski definition) is 2. The third-order valence-corrected chi connectivity index (χ3v) is 2.45. The van der Waals surface area contributed by atoms with Crippen LogP contribution in [0.15, 0.2) is 22.7 Å². The summed E-state index contributed by atoms with van der Waals surface area (Å²) in [5.74, 6) is -1.79. The molecule has 0 fully saturated rings. The third kappa shape index (κ3) is 3.43. The molecule has 0 unspecified atom stereocenters. The first-order valence-corrected chi connectivity index (χ1v) is 5.00. The number of benzene rings is 1. The summed E-state index contributed by atoms with van der Waals surface area (Å²) in [5, 5.41) is 8.40. The van der Waals surface area contributed by atoms with Crippen LogP contribution < -0.4 is 0 Å². The van der Waals surface area contributed by atoms with Gasteiger partial charge in [-0.2, -0.15) is 0 Å². The lowest BCUT2D eigenvalue weighted by molar-refractivity contribution is -0.136. The Morgan fingerprint density at radius 2 is 2.00 bits per heavy atom. The van der Waals surface area contributed by atoms with Crippen LogP contribution in [0.5, 0.6) is 0 Å². The molecule has 0 aliphatic rings. The zero-order valence-corrected chi connectivity index (χ0v) is 9.25. The van der Waals surface area contributed by atoms with E-state index in [1.165, 1.54) is 18.2 Å². The van der Waals surface area contributed by atoms with Crippen LogP contribution in [0.25, 0.3) is 0 Å². The summed E-state index contributed by atoms with van der Waals surface area (Å²) in [6, 6.07) is 3.68. The van der Waals surface area contributed by atoms with Crippen molar-refractivity contribution in [3.05, 3.63) is 34.1 Å². The zero-order chi connectivity index (χ0) is 11.4. The van der Waals surface area contributed by atoms with Crippen LogP contribution in [0.3, 0.4) is 0 Å². The molecule has 0 atom stereocenters. The van der Waals surface area contributed by atoms with Crippen molar-refractivity contribution in [2.24, 2.45) is 0 Å². The van der Waals surface area contributed by atoms with Gasteiger partial charge in [-0.25, -0.2) is 4.39 Å². The smallest absolute Gasteiger partial charge is 0.303 e. The molecule has 1 aromatic rings. The quantitative estimate of drug-likeness (QED) is 0.859. The van der Waals surface area contributed by atoms with Crippen LogP contribution in [-0.2, 0) is 4.79 Å². The van der Waals surface area contributed by atoms with E-state index in [4.69, 9.17) is 5.11 Å². The van der Waals surface area contributed by atoms with Gasteiger partial charge in [0.25, 0.3) is 0 Å². The highest BCUT2D eigenvalue weighted by Gasteiger charge is 2.12. The molecule has 0 saturated carbocycles. The Balaban J connectivity index is 2.78. The van der Waals surface area contributed by atoms with Gasteiger partial charge in [0.1, 0.15) is 5.82 Å². The normalized spacial score (nSPS) is 10.0. The highest BCUT2D eigenvalue weighted by atomic mass is 79.9. The Labute approximate surface area is 94.0 Å². The van der Waals surface area contributed by atoms with E-state index in [0.29, 0.717) is 10.0 Å². The number of carboxylic acid groups (broad SMARTS) is 1. The van der Waals surface area contributed by atoms with E-state index in [2.05, 4.69) is 15.9 Å². The Bertz CT molecular complexity index is 404. The first kappa shape index (κ1) is 11.8. The maximum atomic E-state index is 12.7. The Kier molecular flexibility index (Phi) is 3.96. The molecule has 1 aromatic carbocycles. The summed E-state index contributed by atoms with van der Waals surface area (Å²) in [6.07, 6.45) is -0.303. The van der Waals surface area contributed by atoms with Gasteiger partial charge < -0.3 is 5.11 Å². The molecule has 0 radical (unpaired) electrons. The zero-order valence-electron chi connectivity index (χ0n) is 7.67. The lowest BCUT2D eigenvalue weighted by Gasteiger charge is -2.02. The van der Waals surface area contributed by atoms with E-state index in [1.807, 2.05) is 0 Å². The van der Waals surface area contributed by atoms with Crippen molar-refractivity contribution in [1.82, 2.24) is 0 Å². The minimum Gasteiger partial charge on any atom is -0.481 e. The number of ketones is 1. The summed E-state index contributed by atoms with van der Waals surface area (Å²) in [7, 11) is 0. The average Bonchev–Trinajstić information content (AvgIpc) is 2.14. The third-order valence-electron chi connectivity index (χ3n) is 1.80. The van der Waals surface area contributed by atoms with Gasteiger partial charge in [-0.05, 0) is 34.1 Å². The largest absolute Gasteiger partial charge is 0.481 e. The minimum atomic E-state index is -1.03.